The number of hydrogen-bond acceptors (Lipinski definition) is 4. The van der Waals surface area contributed by atoms with Crippen molar-refractivity contribution in [1.29, 1.82) is 0 Å². The predicted molar refractivity (Wildman–Crippen MR) is 61.7 cm³/mol. The maximum Gasteiger partial charge on any atom is 0.266 e. The van der Waals surface area contributed by atoms with Gasteiger partial charge in [0.1, 0.15) is 10.6 Å². The van der Waals surface area contributed by atoms with Gasteiger partial charge in [-0.2, -0.15) is 0 Å². The summed E-state index contributed by atoms with van der Waals surface area (Å²) in [7, 11) is -2.26. The minimum absolute atomic E-state index is 0.00514. The maximum absolute atomic E-state index is 11.7. The molecule has 0 spiro atoms. The van der Waals surface area contributed by atoms with E-state index >= 15 is 0 Å². The van der Waals surface area contributed by atoms with Crippen LogP contribution >= 0.6 is 0 Å². The second kappa shape index (κ2) is 3.73. The molecular weight excluding hydrogens is 244 g/mol. The fraction of sp³-hybridized carbons (Fsp3) is 0.364. The highest BCUT2D eigenvalue weighted by atomic mass is 32.2. The second-order valence-electron chi connectivity index (χ2n) is 4.18. The van der Waals surface area contributed by atoms with Gasteiger partial charge < -0.3 is 4.74 Å². The molecule has 6 heteroatoms. The number of amides is 1. The molecule has 0 fully saturated rings. The lowest BCUT2D eigenvalue weighted by Crippen LogP contribution is -2.21. The summed E-state index contributed by atoms with van der Waals surface area (Å²) in [6, 6.07) is 3.07. The van der Waals surface area contributed by atoms with Gasteiger partial charge in [-0.25, -0.2) is 13.1 Å². The smallest absolute Gasteiger partial charge is 0.266 e. The first-order valence-electron chi connectivity index (χ1n) is 5.16. The van der Waals surface area contributed by atoms with Crippen molar-refractivity contribution < 1.29 is 17.9 Å². The minimum atomic E-state index is -3.72. The van der Waals surface area contributed by atoms with Gasteiger partial charge in [0.2, 0.25) is 0 Å². The molecule has 17 heavy (non-hydrogen) atoms. The van der Waals surface area contributed by atoms with Gasteiger partial charge >= 0.3 is 0 Å². The van der Waals surface area contributed by atoms with Crippen LogP contribution < -0.4 is 9.46 Å². The molecule has 0 aliphatic carbocycles. The van der Waals surface area contributed by atoms with Crippen molar-refractivity contribution in [1.82, 2.24) is 4.72 Å². The standard InChI is InChI=1S/C11H13NO4S/c1-6(2)8-4-7(16-3)5-9-10(8)11(13)12-17(9,14)15/h4-6H,1-3H3,(H,12,13)/i11+2. The van der Waals surface area contributed by atoms with Gasteiger partial charge in [-0.05, 0) is 17.5 Å². The van der Waals surface area contributed by atoms with Crippen LogP contribution in [0.5, 0.6) is 5.75 Å². The highest BCUT2D eigenvalue weighted by Crippen LogP contribution is 2.34. The van der Waals surface area contributed by atoms with E-state index in [1.165, 1.54) is 13.2 Å². The Morgan fingerprint density at radius 1 is 1.35 bits per heavy atom. The Kier molecular flexibility index (Phi) is 2.61. The topological polar surface area (TPSA) is 72.5 Å². The second-order valence-corrected chi connectivity index (χ2v) is 5.83. The summed E-state index contributed by atoms with van der Waals surface area (Å²) in [6.07, 6.45) is 0. The number of carbonyl (C=O) groups excluding carboxylic acids is 1. The Morgan fingerprint density at radius 2 is 2.00 bits per heavy atom. The first-order chi connectivity index (χ1) is 7.86. The third-order valence-electron chi connectivity index (χ3n) is 2.71. The van der Waals surface area contributed by atoms with Gasteiger partial charge in [0.05, 0.1) is 12.7 Å². The fourth-order valence-electron chi connectivity index (χ4n) is 1.87. The highest BCUT2D eigenvalue weighted by Gasteiger charge is 2.35. The molecule has 2 rings (SSSR count). The van der Waals surface area contributed by atoms with E-state index in [1.807, 2.05) is 18.6 Å². The number of rotatable bonds is 2. The molecule has 1 aromatic carbocycles. The molecule has 0 saturated heterocycles. The lowest BCUT2D eigenvalue weighted by atomic mass is 10.0. The van der Waals surface area contributed by atoms with E-state index in [-0.39, 0.29) is 16.4 Å². The van der Waals surface area contributed by atoms with Crippen molar-refractivity contribution in [2.45, 2.75) is 24.7 Å². The van der Waals surface area contributed by atoms with E-state index in [0.29, 0.717) is 11.3 Å². The van der Waals surface area contributed by atoms with Crippen molar-refractivity contribution in [2.24, 2.45) is 0 Å². The molecule has 1 N–H and O–H groups in total. The molecule has 1 amide bonds. The van der Waals surface area contributed by atoms with Crippen LogP contribution in [-0.2, 0) is 10.0 Å². The average molecular weight is 257 g/mol. The van der Waals surface area contributed by atoms with Crippen molar-refractivity contribution in [2.75, 3.05) is 7.11 Å². The predicted octanol–water partition coefficient (Wildman–Crippen LogP) is 1.25. The largest absolute Gasteiger partial charge is 0.497 e. The van der Waals surface area contributed by atoms with Gasteiger partial charge in [-0.15, -0.1) is 0 Å². The summed E-state index contributed by atoms with van der Waals surface area (Å²) in [5.41, 5.74) is 0.915. The van der Waals surface area contributed by atoms with Crippen molar-refractivity contribution in [3.63, 3.8) is 0 Å². The molecule has 0 saturated carbocycles. The van der Waals surface area contributed by atoms with Crippen molar-refractivity contribution in [3.8, 4) is 5.75 Å². The number of carbonyl (C=O) groups is 1. The lowest BCUT2D eigenvalue weighted by molar-refractivity contribution is 0.0984. The Morgan fingerprint density at radius 3 is 2.53 bits per heavy atom. The molecule has 0 atom stereocenters. The fourth-order valence-corrected chi connectivity index (χ4v) is 3.07. The number of hydrogen-bond donors (Lipinski definition) is 1. The van der Waals surface area contributed by atoms with Gasteiger partial charge in [0.25, 0.3) is 15.9 Å². The van der Waals surface area contributed by atoms with Crippen LogP contribution in [0.15, 0.2) is 17.0 Å². The molecule has 1 aliphatic heterocycles. The normalized spacial score (nSPS) is 16.8. The summed E-state index contributed by atoms with van der Waals surface area (Å²) in [6.45, 7) is 3.79. The van der Waals surface area contributed by atoms with Crippen LogP contribution in [0.1, 0.15) is 35.7 Å². The molecule has 0 aromatic heterocycles. The molecular formula is C11H13NO4S. The van der Waals surface area contributed by atoms with Gasteiger partial charge in [0, 0.05) is 6.07 Å². The van der Waals surface area contributed by atoms with Gasteiger partial charge in [0.15, 0.2) is 0 Å². The number of nitrogens with one attached hydrogen (secondary N) is 1. The number of sulfonamides is 1. The molecule has 0 unspecified atom stereocenters. The zero-order valence-corrected chi connectivity index (χ0v) is 10.6. The van der Waals surface area contributed by atoms with Crippen molar-refractivity contribution >= 4 is 15.9 Å². The average Bonchev–Trinajstić information content (AvgIpc) is 2.48. The summed E-state index contributed by atoms with van der Waals surface area (Å²) in [4.78, 5) is 11.7. The van der Waals surface area contributed by atoms with Crippen LogP contribution in [0.3, 0.4) is 0 Å². The third-order valence-corrected chi connectivity index (χ3v) is 4.06. The SMILES string of the molecule is COc1cc(C(C)C)c2c(c1)S(=O)(=O)N[14C]2=O. The Hall–Kier alpha value is -1.56. The number of fused-ring (bicyclic) bond motifs is 1. The summed E-state index contributed by atoms with van der Waals surface area (Å²) in [5.74, 6) is -0.0863. The van der Waals surface area contributed by atoms with Crippen LogP contribution in [0, 0.1) is 0 Å². The zero-order chi connectivity index (χ0) is 12.8. The summed E-state index contributed by atoms with van der Waals surface area (Å²) < 4.78 is 30.5. The number of methoxy groups -OCH3 is 1. The molecule has 1 heterocycles. The molecule has 5 nitrogen and oxygen atoms in total. The number of ether oxygens (including phenoxy) is 1. The van der Waals surface area contributed by atoms with E-state index in [0.717, 1.165) is 0 Å². The van der Waals surface area contributed by atoms with E-state index in [1.54, 1.807) is 6.07 Å². The van der Waals surface area contributed by atoms with Crippen LogP contribution in [0.25, 0.3) is 0 Å². The van der Waals surface area contributed by atoms with Gasteiger partial charge in [-0.3, -0.25) is 4.79 Å². The van der Waals surface area contributed by atoms with E-state index in [4.69, 9.17) is 4.74 Å². The van der Waals surface area contributed by atoms with Crippen LogP contribution in [0.4, 0.5) is 0 Å². The Balaban J connectivity index is 2.81. The van der Waals surface area contributed by atoms with E-state index in [2.05, 4.69) is 0 Å². The Bertz CT molecular complexity index is 590. The minimum Gasteiger partial charge on any atom is -0.497 e. The Labute approximate surface area is 99.8 Å². The summed E-state index contributed by atoms with van der Waals surface area (Å²) >= 11 is 0. The van der Waals surface area contributed by atoms with E-state index < -0.39 is 15.9 Å². The van der Waals surface area contributed by atoms with Crippen molar-refractivity contribution in [3.05, 3.63) is 23.3 Å². The molecule has 0 bridgehead atoms. The third kappa shape index (κ3) is 1.78. The molecule has 92 valence electrons. The van der Waals surface area contributed by atoms with Crippen LogP contribution in [-0.4, -0.2) is 21.4 Å². The maximum atomic E-state index is 11.7. The quantitative estimate of drug-likeness (QED) is 0.865. The van der Waals surface area contributed by atoms with E-state index in [9.17, 15) is 13.2 Å². The molecule has 1 aromatic rings. The lowest BCUT2D eigenvalue weighted by Gasteiger charge is -2.11. The molecule has 0 radical (unpaired) electrons. The zero-order valence-electron chi connectivity index (χ0n) is 9.77. The molecule has 1 aliphatic rings. The number of benzene rings is 1. The monoisotopic (exact) mass is 257 g/mol. The summed E-state index contributed by atoms with van der Waals surface area (Å²) in [5, 5.41) is 0. The first-order valence-corrected chi connectivity index (χ1v) is 6.64. The first kappa shape index (κ1) is 11.9. The van der Waals surface area contributed by atoms with Gasteiger partial charge in [-0.1, -0.05) is 13.8 Å². The highest BCUT2D eigenvalue weighted by molar-refractivity contribution is 7.90. The van der Waals surface area contributed by atoms with Crippen LogP contribution in [0.2, 0.25) is 0 Å².